The van der Waals surface area contributed by atoms with Crippen LogP contribution >= 0.6 is 0 Å². The lowest BCUT2D eigenvalue weighted by Gasteiger charge is -2.25. The second-order valence-corrected chi connectivity index (χ2v) is 4.02. The Kier molecular flexibility index (Phi) is 1.87. The number of rotatable bonds is 0. The van der Waals surface area contributed by atoms with E-state index in [-0.39, 0.29) is 29.7 Å². The molecule has 72 valence electrons. The normalized spacial score (nSPS) is 39.5. The highest BCUT2D eigenvalue weighted by molar-refractivity contribution is 6.04. The van der Waals surface area contributed by atoms with Crippen molar-refractivity contribution in [2.24, 2.45) is 17.6 Å². The van der Waals surface area contributed by atoms with E-state index in [0.717, 1.165) is 12.8 Å². The maximum absolute atomic E-state index is 11.5. The second-order valence-electron chi connectivity index (χ2n) is 4.02. The average Bonchev–Trinajstić information content (AvgIpc) is 2.32. The van der Waals surface area contributed by atoms with Crippen LogP contribution in [0.4, 0.5) is 0 Å². The lowest BCUT2D eigenvalue weighted by atomic mass is 9.79. The van der Waals surface area contributed by atoms with Gasteiger partial charge in [0.1, 0.15) is 0 Å². The molecule has 0 unspecified atom stereocenters. The summed E-state index contributed by atoms with van der Waals surface area (Å²) < 4.78 is 0. The second kappa shape index (κ2) is 2.80. The summed E-state index contributed by atoms with van der Waals surface area (Å²) in [6.07, 6.45) is 2.33. The molecular weight excluding hydrogens is 168 g/mol. The number of likely N-dealkylation sites (tertiary alicyclic amines) is 1. The molecule has 3 atom stereocenters. The van der Waals surface area contributed by atoms with E-state index < -0.39 is 0 Å². The fourth-order valence-corrected chi connectivity index (χ4v) is 2.38. The predicted molar refractivity (Wildman–Crippen MR) is 46.6 cm³/mol. The first-order valence-corrected chi connectivity index (χ1v) is 4.68. The molecule has 2 rings (SSSR count). The zero-order valence-electron chi connectivity index (χ0n) is 7.69. The molecule has 4 heteroatoms. The molecule has 2 aliphatic rings. The first-order chi connectivity index (χ1) is 6.11. The first kappa shape index (κ1) is 8.69. The van der Waals surface area contributed by atoms with Crippen molar-refractivity contribution in [3.05, 3.63) is 0 Å². The van der Waals surface area contributed by atoms with Crippen LogP contribution in [0, 0.1) is 11.8 Å². The molecule has 2 N–H and O–H groups in total. The maximum Gasteiger partial charge on any atom is 0.232 e. The molecule has 1 aliphatic carbocycles. The summed E-state index contributed by atoms with van der Waals surface area (Å²) in [5, 5.41) is 0. The van der Waals surface area contributed by atoms with Gasteiger partial charge in [-0.25, -0.2) is 0 Å². The molecule has 0 aromatic rings. The van der Waals surface area contributed by atoms with E-state index in [0.29, 0.717) is 6.42 Å². The van der Waals surface area contributed by atoms with Gasteiger partial charge in [0, 0.05) is 13.1 Å². The monoisotopic (exact) mass is 182 g/mol. The summed E-state index contributed by atoms with van der Waals surface area (Å²) in [5.41, 5.74) is 5.76. The van der Waals surface area contributed by atoms with E-state index in [9.17, 15) is 9.59 Å². The van der Waals surface area contributed by atoms with Crippen LogP contribution in [0.1, 0.15) is 19.3 Å². The van der Waals surface area contributed by atoms with Gasteiger partial charge in [-0.15, -0.1) is 0 Å². The van der Waals surface area contributed by atoms with Gasteiger partial charge in [0.05, 0.1) is 11.8 Å². The number of hydrogen-bond donors (Lipinski definition) is 1. The van der Waals surface area contributed by atoms with E-state index in [1.54, 1.807) is 7.05 Å². The van der Waals surface area contributed by atoms with Crippen LogP contribution in [0.15, 0.2) is 0 Å². The predicted octanol–water partition coefficient (Wildman–Crippen LogP) is -0.271. The Morgan fingerprint density at radius 2 is 1.85 bits per heavy atom. The molecule has 1 heterocycles. The molecule has 0 spiro atoms. The maximum atomic E-state index is 11.5. The molecule has 1 saturated heterocycles. The van der Waals surface area contributed by atoms with Gasteiger partial charge < -0.3 is 5.73 Å². The number of hydrogen-bond acceptors (Lipinski definition) is 3. The van der Waals surface area contributed by atoms with Crippen LogP contribution in [0.5, 0.6) is 0 Å². The summed E-state index contributed by atoms with van der Waals surface area (Å²) >= 11 is 0. The van der Waals surface area contributed by atoms with Gasteiger partial charge in [-0.2, -0.15) is 0 Å². The smallest absolute Gasteiger partial charge is 0.232 e. The van der Waals surface area contributed by atoms with Crippen LogP contribution in [-0.4, -0.2) is 29.8 Å². The number of amides is 2. The first-order valence-electron chi connectivity index (χ1n) is 4.68. The van der Waals surface area contributed by atoms with Gasteiger partial charge in [-0.3, -0.25) is 14.5 Å². The molecular formula is C9H14N2O2. The summed E-state index contributed by atoms with van der Waals surface area (Å²) in [7, 11) is 1.56. The fraction of sp³-hybridized carbons (Fsp3) is 0.778. The van der Waals surface area contributed by atoms with Gasteiger partial charge in [0.15, 0.2) is 0 Å². The molecule has 2 fully saturated rings. The third-order valence-electron chi connectivity index (χ3n) is 3.19. The minimum absolute atomic E-state index is 0.0121. The van der Waals surface area contributed by atoms with Gasteiger partial charge in [-0.05, 0) is 19.3 Å². The Hall–Kier alpha value is -0.900. The van der Waals surface area contributed by atoms with Crippen molar-refractivity contribution < 1.29 is 9.59 Å². The van der Waals surface area contributed by atoms with Gasteiger partial charge in [0.2, 0.25) is 11.8 Å². The quantitative estimate of drug-likeness (QED) is 0.524. The molecule has 2 amide bonds. The molecule has 4 nitrogen and oxygen atoms in total. The molecule has 1 saturated carbocycles. The van der Waals surface area contributed by atoms with Crippen molar-refractivity contribution in [2.45, 2.75) is 25.3 Å². The summed E-state index contributed by atoms with van der Waals surface area (Å²) in [6.45, 7) is 0. The molecule has 0 radical (unpaired) electrons. The molecule has 0 aromatic carbocycles. The van der Waals surface area contributed by atoms with Crippen molar-refractivity contribution in [1.82, 2.24) is 4.90 Å². The van der Waals surface area contributed by atoms with E-state index in [2.05, 4.69) is 0 Å². The summed E-state index contributed by atoms with van der Waals surface area (Å²) in [5.74, 6) is -0.245. The molecule has 0 bridgehead atoms. The van der Waals surface area contributed by atoms with Crippen molar-refractivity contribution in [3.8, 4) is 0 Å². The zero-order chi connectivity index (χ0) is 9.59. The lowest BCUT2D eigenvalue weighted by molar-refractivity contribution is -0.138. The number of carbonyl (C=O) groups is 2. The van der Waals surface area contributed by atoms with Crippen LogP contribution in [-0.2, 0) is 9.59 Å². The standard InChI is InChI=1S/C9H14N2O2/c1-11-8(12)6-3-2-5(10)4-7(6)9(11)13/h5-7H,2-4,10H2,1H3/t5-,6-,7-/m0/s1. The number of nitrogens with two attached hydrogens (primary N) is 1. The third kappa shape index (κ3) is 1.16. The van der Waals surface area contributed by atoms with Crippen molar-refractivity contribution in [1.29, 1.82) is 0 Å². The summed E-state index contributed by atoms with van der Waals surface area (Å²) in [6, 6.07) is 0.101. The SMILES string of the molecule is CN1C(=O)[C@H]2CC[C@H](N)C[C@@H]2C1=O. The zero-order valence-corrected chi connectivity index (χ0v) is 7.69. The Morgan fingerprint density at radius 1 is 1.23 bits per heavy atom. The lowest BCUT2D eigenvalue weighted by Crippen LogP contribution is -2.34. The minimum atomic E-state index is -0.124. The Bertz CT molecular complexity index is 264. The third-order valence-corrected chi connectivity index (χ3v) is 3.19. The largest absolute Gasteiger partial charge is 0.328 e. The van der Waals surface area contributed by atoms with Gasteiger partial charge in [-0.1, -0.05) is 0 Å². The highest BCUT2D eigenvalue weighted by atomic mass is 16.2. The highest BCUT2D eigenvalue weighted by Crippen LogP contribution is 2.36. The Morgan fingerprint density at radius 3 is 2.54 bits per heavy atom. The topological polar surface area (TPSA) is 63.4 Å². The number of carbonyl (C=O) groups excluding carboxylic acids is 2. The summed E-state index contributed by atoms with van der Waals surface area (Å²) in [4.78, 5) is 24.3. The van der Waals surface area contributed by atoms with Crippen LogP contribution in [0.2, 0.25) is 0 Å². The highest BCUT2D eigenvalue weighted by Gasteiger charge is 2.47. The number of imide groups is 1. The Balaban J connectivity index is 2.22. The van der Waals surface area contributed by atoms with E-state index in [1.807, 2.05) is 0 Å². The molecule has 0 aromatic heterocycles. The van der Waals surface area contributed by atoms with Gasteiger partial charge >= 0.3 is 0 Å². The van der Waals surface area contributed by atoms with E-state index >= 15 is 0 Å². The number of fused-ring (bicyclic) bond motifs is 1. The van der Waals surface area contributed by atoms with Gasteiger partial charge in [0.25, 0.3) is 0 Å². The van der Waals surface area contributed by atoms with Crippen LogP contribution in [0.3, 0.4) is 0 Å². The van der Waals surface area contributed by atoms with Crippen molar-refractivity contribution >= 4 is 11.8 Å². The average molecular weight is 182 g/mol. The molecule has 1 aliphatic heterocycles. The van der Waals surface area contributed by atoms with Crippen LogP contribution < -0.4 is 5.73 Å². The van der Waals surface area contributed by atoms with Crippen molar-refractivity contribution in [3.63, 3.8) is 0 Å². The minimum Gasteiger partial charge on any atom is -0.328 e. The Labute approximate surface area is 77.1 Å². The van der Waals surface area contributed by atoms with E-state index in [4.69, 9.17) is 5.73 Å². The van der Waals surface area contributed by atoms with Crippen molar-refractivity contribution in [2.75, 3.05) is 7.05 Å². The van der Waals surface area contributed by atoms with E-state index in [1.165, 1.54) is 4.90 Å². The molecule has 13 heavy (non-hydrogen) atoms. The van der Waals surface area contributed by atoms with Crippen LogP contribution in [0.25, 0.3) is 0 Å². The number of nitrogens with zero attached hydrogens (tertiary/aromatic N) is 1. The fourth-order valence-electron chi connectivity index (χ4n) is 2.38.